The predicted octanol–water partition coefficient (Wildman–Crippen LogP) is 4.11. The summed E-state index contributed by atoms with van der Waals surface area (Å²) in [6, 6.07) is 20.3. The molecule has 0 fully saturated rings. The number of hydrogen-bond acceptors (Lipinski definition) is 7. The molecule has 36 heavy (non-hydrogen) atoms. The highest BCUT2D eigenvalue weighted by molar-refractivity contribution is 6.40. The smallest absolute Gasteiger partial charge is 0.380 e. The summed E-state index contributed by atoms with van der Waals surface area (Å²) < 4.78 is 5.62. The molecular formula is C29H28O7. The van der Waals surface area contributed by atoms with Crippen LogP contribution in [0.25, 0.3) is 0 Å². The average molecular weight is 489 g/mol. The molecule has 3 aromatic carbocycles. The largest absolute Gasteiger partial charge is 0.447 e. The van der Waals surface area contributed by atoms with Crippen molar-refractivity contribution in [3.8, 4) is 0 Å². The van der Waals surface area contributed by atoms with Gasteiger partial charge < -0.3 is 14.9 Å². The molecule has 0 radical (unpaired) electrons. The van der Waals surface area contributed by atoms with Gasteiger partial charge in [0.05, 0.1) is 0 Å². The van der Waals surface area contributed by atoms with Crippen molar-refractivity contribution in [1.29, 1.82) is 0 Å². The van der Waals surface area contributed by atoms with E-state index in [1.807, 2.05) is 0 Å². The monoisotopic (exact) mass is 488 g/mol. The van der Waals surface area contributed by atoms with Crippen LogP contribution in [0.4, 0.5) is 0 Å². The number of aliphatic hydroxyl groups is 2. The van der Waals surface area contributed by atoms with E-state index in [4.69, 9.17) is 4.74 Å². The van der Waals surface area contributed by atoms with Crippen molar-refractivity contribution in [3.05, 3.63) is 107 Å². The van der Waals surface area contributed by atoms with Gasteiger partial charge in [-0.1, -0.05) is 78.9 Å². The third-order valence-corrected chi connectivity index (χ3v) is 5.51. The van der Waals surface area contributed by atoms with E-state index in [1.165, 1.54) is 64.1 Å². The maximum absolute atomic E-state index is 12.8. The summed E-state index contributed by atoms with van der Waals surface area (Å²) in [4.78, 5) is 50.2. The molecule has 0 aliphatic carbocycles. The van der Waals surface area contributed by atoms with Gasteiger partial charge >= 0.3 is 5.97 Å². The van der Waals surface area contributed by atoms with E-state index in [2.05, 4.69) is 0 Å². The molecule has 0 aliphatic rings. The summed E-state index contributed by atoms with van der Waals surface area (Å²) in [5, 5.41) is 20.0. The second kappa shape index (κ2) is 10.4. The minimum Gasteiger partial charge on any atom is -0.447 e. The molecule has 3 aromatic rings. The number of Topliss-reactive ketones (excluding diaryl/α,β-unsaturated/α-hetero) is 3. The summed E-state index contributed by atoms with van der Waals surface area (Å²) in [6.45, 7) is 5.55. The van der Waals surface area contributed by atoms with Gasteiger partial charge in [-0.05, 0) is 38.8 Å². The van der Waals surface area contributed by atoms with Crippen molar-refractivity contribution in [2.75, 3.05) is 0 Å². The molecule has 0 aromatic heterocycles. The Bertz CT molecular complexity index is 1190. The van der Waals surface area contributed by atoms with Crippen LogP contribution in [0.2, 0.25) is 0 Å². The van der Waals surface area contributed by atoms with Gasteiger partial charge in [0.15, 0.2) is 17.7 Å². The predicted molar refractivity (Wildman–Crippen MR) is 133 cm³/mol. The number of carbonyl (C=O) groups is 4. The zero-order valence-electron chi connectivity index (χ0n) is 20.5. The fourth-order valence-corrected chi connectivity index (χ4v) is 3.52. The highest BCUT2D eigenvalue weighted by atomic mass is 16.5. The van der Waals surface area contributed by atoms with E-state index < -0.39 is 40.6 Å². The molecule has 7 heteroatoms. The highest BCUT2D eigenvalue weighted by Gasteiger charge is 2.29. The number of ketones is 3. The number of benzene rings is 3. The first kappa shape index (κ1) is 26.7. The third kappa shape index (κ3) is 6.19. The van der Waals surface area contributed by atoms with Crippen LogP contribution in [0.5, 0.6) is 0 Å². The number of ether oxygens (including phenoxy) is 1. The third-order valence-electron chi connectivity index (χ3n) is 5.51. The Kier molecular flexibility index (Phi) is 7.67. The molecule has 0 saturated heterocycles. The van der Waals surface area contributed by atoms with Gasteiger partial charge in [0.1, 0.15) is 11.2 Å². The summed E-state index contributed by atoms with van der Waals surface area (Å²) >= 11 is 0. The molecule has 0 amide bonds. The lowest BCUT2D eigenvalue weighted by Gasteiger charge is -2.21. The van der Waals surface area contributed by atoms with Crippen LogP contribution in [-0.4, -0.2) is 44.7 Å². The number of rotatable bonds is 9. The second-order valence-electron chi connectivity index (χ2n) is 9.50. The zero-order chi connectivity index (χ0) is 26.7. The quantitative estimate of drug-likeness (QED) is 0.264. The fraction of sp³-hybridized carbons (Fsp3) is 0.241. The minimum absolute atomic E-state index is 0.179. The van der Waals surface area contributed by atoms with Crippen LogP contribution < -0.4 is 0 Å². The zero-order valence-corrected chi connectivity index (χ0v) is 20.5. The van der Waals surface area contributed by atoms with Crippen LogP contribution in [0.15, 0.2) is 78.9 Å². The molecule has 0 spiro atoms. The van der Waals surface area contributed by atoms with Gasteiger partial charge in [-0.2, -0.15) is 0 Å². The molecule has 2 N–H and O–H groups in total. The summed E-state index contributed by atoms with van der Waals surface area (Å²) in [5.41, 5.74) is -1.46. The van der Waals surface area contributed by atoms with Crippen LogP contribution >= 0.6 is 0 Å². The fourth-order valence-electron chi connectivity index (χ4n) is 3.52. The number of carbonyl (C=O) groups excluding carboxylic acids is 4. The van der Waals surface area contributed by atoms with Gasteiger partial charge in [-0.15, -0.1) is 0 Å². The van der Waals surface area contributed by atoms with E-state index in [0.29, 0.717) is 11.1 Å². The SMILES string of the molecule is CC(C)(O)C(=O)c1ccc(C(OC(=O)C(=O)c2ccccc2)c2ccc(C(=O)C(C)(C)O)cc2)cc1. The Morgan fingerprint density at radius 2 is 1.00 bits per heavy atom. The molecular weight excluding hydrogens is 460 g/mol. The standard InChI is InChI=1S/C29H28O7/c1-28(2,34)25(31)21-14-10-19(11-15-21)24(36-27(33)23(30)18-8-6-5-7-9-18)20-12-16-22(17-13-20)26(32)29(3,4)35/h5-17,24,34-35H,1-4H3. The number of esters is 1. The molecule has 3 rings (SSSR count). The first-order chi connectivity index (χ1) is 16.8. The molecule has 7 nitrogen and oxygen atoms in total. The van der Waals surface area contributed by atoms with Crippen molar-refractivity contribution in [2.24, 2.45) is 0 Å². The van der Waals surface area contributed by atoms with Crippen LogP contribution in [0, 0.1) is 0 Å². The maximum atomic E-state index is 12.8. The summed E-state index contributed by atoms with van der Waals surface area (Å²) in [5.74, 6) is -2.84. The molecule has 0 heterocycles. The normalized spacial score (nSPS) is 11.8. The molecule has 0 aliphatic heterocycles. The first-order valence-corrected chi connectivity index (χ1v) is 11.3. The van der Waals surface area contributed by atoms with Gasteiger partial charge in [0.2, 0.25) is 0 Å². The van der Waals surface area contributed by atoms with Crippen molar-refractivity contribution in [1.82, 2.24) is 0 Å². The van der Waals surface area contributed by atoms with E-state index in [9.17, 15) is 29.4 Å². The first-order valence-electron chi connectivity index (χ1n) is 11.3. The lowest BCUT2D eigenvalue weighted by Crippen LogP contribution is -2.31. The topological polar surface area (TPSA) is 118 Å². The average Bonchev–Trinajstić information content (AvgIpc) is 2.85. The molecule has 0 bridgehead atoms. The number of hydrogen-bond donors (Lipinski definition) is 2. The van der Waals surface area contributed by atoms with E-state index in [-0.39, 0.29) is 16.7 Å². The van der Waals surface area contributed by atoms with Crippen molar-refractivity contribution < 1.29 is 34.1 Å². The van der Waals surface area contributed by atoms with Gasteiger partial charge in [-0.3, -0.25) is 14.4 Å². The molecule has 186 valence electrons. The van der Waals surface area contributed by atoms with Gasteiger partial charge in [0, 0.05) is 16.7 Å². The molecule has 0 saturated carbocycles. The highest BCUT2D eigenvalue weighted by Crippen LogP contribution is 2.29. The Morgan fingerprint density at radius 3 is 1.36 bits per heavy atom. The lowest BCUT2D eigenvalue weighted by molar-refractivity contribution is -0.141. The second-order valence-corrected chi connectivity index (χ2v) is 9.50. The molecule has 0 unspecified atom stereocenters. The molecule has 0 atom stereocenters. The summed E-state index contributed by atoms with van der Waals surface area (Å²) in [6.07, 6.45) is -1.03. The Morgan fingerprint density at radius 1 is 0.611 bits per heavy atom. The van der Waals surface area contributed by atoms with E-state index in [0.717, 1.165) is 0 Å². The van der Waals surface area contributed by atoms with E-state index in [1.54, 1.807) is 42.5 Å². The van der Waals surface area contributed by atoms with Gasteiger partial charge in [-0.25, -0.2) is 4.79 Å². The van der Waals surface area contributed by atoms with E-state index >= 15 is 0 Å². The lowest BCUT2D eigenvalue weighted by atomic mass is 9.92. The maximum Gasteiger partial charge on any atom is 0.380 e. The van der Waals surface area contributed by atoms with Crippen LogP contribution in [0.1, 0.15) is 76.0 Å². The Hall–Kier alpha value is -3.94. The van der Waals surface area contributed by atoms with Crippen LogP contribution in [-0.2, 0) is 9.53 Å². The Labute approximate surface area is 209 Å². The van der Waals surface area contributed by atoms with Crippen LogP contribution in [0.3, 0.4) is 0 Å². The summed E-state index contributed by atoms with van der Waals surface area (Å²) in [7, 11) is 0. The van der Waals surface area contributed by atoms with Crippen molar-refractivity contribution >= 4 is 23.3 Å². The minimum atomic E-state index is -1.56. The Balaban J connectivity index is 1.97. The van der Waals surface area contributed by atoms with Crippen molar-refractivity contribution in [3.63, 3.8) is 0 Å². The van der Waals surface area contributed by atoms with Gasteiger partial charge in [0.25, 0.3) is 5.78 Å². The van der Waals surface area contributed by atoms with Crippen molar-refractivity contribution in [2.45, 2.75) is 45.0 Å².